The molecule has 0 fully saturated rings. The number of carbonyl (C=O) groups excluding carboxylic acids is 1. The third kappa shape index (κ3) is 4.06. The number of aryl methyl sites for hydroxylation is 1. The Bertz CT molecular complexity index is 323. The Kier molecular flexibility index (Phi) is 5.43. The Morgan fingerprint density at radius 3 is 2.87 bits per heavy atom. The molecule has 1 rings (SSSR count). The van der Waals surface area contributed by atoms with Crippen molar-refractivity contribution in [2.24, 2.45) is 0 Å². The SMILES string of the molecule is COCCCSc1ccc(C=O)c(C)c1. The zero-order valence-electron chi connectivity index (χ0n) is 9.16. The number of aldehydes is 1. The van der Waals surface area contributed by atoms with Crippen LogP contribution in [0.4, 0.5) is 0 Å². The maximum atomic E-state index is 10.6. The van der Waals surface area contributed by atoms with Gasteiger partial charge in [-0.25, -0.2) is 0 Å². The van der Waals surface area contributed by atoms with Crippen molar-refractivity contribution in [1.82, 2.24) is 0 Å². The molecule has 0 aliphatic heterocycles. The zero-order chi connectivity index (χ0) is 11.1. The first-order valence-electron chi connectivity index (χ1n) is 4.95. The summed E-state index contributed by atoms with van der Waals surface area (Å²) >= 11 is 1.80. The molecule has 0 bridgehead atoms. The van der Waals surface area contributed by atoms with Gasteiger partial charge in [0.2, 0.25) is 0 Å². The van der Waals surface area contributed by atoms with E-state index in [0.717, 1.165) is 36.2 Å². The Morgan fingerprint density at radius 1 is 1.47 bits per heavy atom. The van der Waals surface area contributed by atoms with Crippen LogP contribution in [0.15, 0.2) is 23.1 Å². The third-order valence-corrected chi connectivity index (χ3v) is 3.21. The highest BCUT2D eigenvalue weighted by molar-refractivity contribution is 7.99. The number of benzene rings is 1. The van der Waals surface area contributed by atoms with E-state index in [1.165, 1.54) is 4.90 Å². The van der Waals surface area contributed by atoms with Crippen LogP contribution in [0.25, 0.3) is 0 Å². The Balaban J connectivity index is 2.48. The normalized spacial score (nSPS) is 10.3. The van der Waals surface area contributed by atoms with E-state index in [4.69, 9.17) is 4.74 Å². The number of thioether (sulfide) groups is 1. The standard InChI is InChI=1S/C12H16O2S/c1-10-8-12(5-4-11(10)9-13)15-7-3-6-14-2/h4-5,8-9H,3,6-7H2,1-2H3. The topological polar surface area (TPSA) is 26.3 Å². The van der Waals surface area contributed by atoms with Crippen LogP contribution in [0, 0.1) is 6.92 Å². The lowest BCUT2D eigenvalue weighted by Gasteiger charge is -2.04. The van der Waals surface area contributed by atoms with Gasteiger partial charge < -0.3 is 4.74 Å². The highest BCUT2D eigenvalue weighted by Crippen LogP contribution is 2.21. The molecule has 0 aromatic heterocycles. The monoisotopic (exact) mass is 224 g/mol. The predicted molar refractivity (Wildman–Crippen MR) is 63.8 cm³/mol. The summed E-state index contributed by atoms with van der Waals surface area (Å²) in [6, 6.07) is 5.93. The van der Waals surface area contributed by atoms with Gasteiger partial charge in [-0.3, -0.25) is 4.79 Å². The molecule has 2 nitrogen and oxygen atoms in total. The minimum atomic E-state index is 0.774. The van der Waals surface area contributed by atoms with Crippen molar-refractivity contribution in [1.29, 1.82) is 0 Å². The Morgan fingerprint density at radius 2 is 2.27 bits per heavy atom. The van der Waals surface area contributed by atoms with Gasteiger partial charge >= 0.3 is 0 Å². The summed E-state index contributed by atoms with van der Waals surface area (Å²) in [5.74, 6) is 1.05. The summed E-state index contributed by atoms with van der Waals surface area (Å²) in [4.78, 5) is 11.8. The predicted octanol–water partition coefficient (Wildman–Crippen LogP) is 2.94. The third-order valence-electron chi connectivity index (χ3n) is 2.13. The molecule has 0 unspecified atom stereocenters. The second kappa shape index (κ2) is 6.64. The first kappa shape index (κ1) is 12.3. The van der Waals surface area contributed by atoms with Gasteiger partial charge in [-0.2, -0.15) is 0 Å². The summed E-state index contributed by atoms with van der Waals surface area (Å²) in [5, 5.41) is 0. The molecule has 0 spiro atoms. The molecule has 15 heavy (non-hydrogen) atoms. The van der Waals surface area contributed by atoms with Gasteiger partial charge in [-0.1, -0.05) is 6.07 Å². The molecule has 0 heterocycles. The minimum absolute atomic E-state index is 0.774. The van der Waals surface area contributed by atoms with Crippen molar-refractivity contribution >= 4 is 18.0 Å². The molecule has 0 saturated carbocycles. The first-order valence-corrected chi connectivity index (χ1v) is 5.94. The number of methoxy groups -OCH3 is 1. The molecule has 0 N–H and O–H groups in total. The summed E-state index contributed by atoms with van der Waals surface area (Å²) in [5.41, 5.74) is 1.82. The smallest absolute Gasteiger partial charge is 0.150 e. The van der Waals surface area contributed by atoms with Crippen molar-refractivity contribution in [3.05, 3.63) is 29.3 Å². The van der Waals surface area contributed by atoms with Crippen LogP contribution in [-0.2, 0) is 4.74 Å². The van der Waals surface area contributed by atoms with Gasteiger partial charge in [0.05, 0.1) is 0 Å². The average Bonchev–Trinajstić information content (AvgIpc) is 2.25. The fraction of sp³-hybridized carbons (Fsp3) is 0.417. The quantitative estimate of drug-likeness (QED) is 0.422. The maximum Gasteiger partial charge on any atom is 0.150 e. The highest BCUT2D eigenvalue weighted by Gasteiger charge is 1.99. The van der Waals surface area contributed by atoms with Gasteiger partial charge in [0.25, 0.3) is 0 Å². The van der Waals surface area contributed by atoms with E-state index in [1.54, 1.807) is 18.9 Å². The number of ether oxygens (including phenoxy) is 1. The first-order chi connectivity index (χ1) is 7.27. The summed E-state index contributed by atoms with van der Waals surface area (Å²) in [7, 11) is 1.72. The largest absolute Gasteiger partial charge is 0.385 e. The van der Waals surface area contributed by atoms with E-state index in [9.17, 15) is 4.79 Å². The molecule has 0 radical (unpaired) electrons. The van der Waals surface area contributed by atoms with Gasteiger partial charge in [0.1, 0.15) is 6.29 Å². The van der Waals surface area contributed by atoms with Crippen molar-refractivity contribution < 1.29 is 9.53 Å². The van der Waals surface area contributed by atoms with Crippen molar-refractivity contribution in [2.45, 2.75) is 18.2 Å². The maximum absolute atomic E-state index is 10.6. The Hall–Kier alpha value is -0.800. The second-order valence-corrected chi connectivity index (χ2v) is 4.50. The van der Waals surface area contributed by atoms with Gasteiger partial charge in [-0.05, 0) is 31.0 Å². The minimum Gasteiger partial charge on any atom is -0.385 e. The lowest BCUT2D eigenvalue weighted by atomic mass is 10.1. The molecule has 0 amide bonds. The van der Waals surface area contributed by atoms with E-state index in [0.29, 0.717) is 0 Å². The number of rotatable bonds is 6. The molecule has 1 aromatic carbocycles. The molecule has 0 aliphatic carbocycles. The summed E-state index contributed by atoms with van der Waals surface area (Å²) in [6.45, 7) is 2.77. The second-order valence-electron chi connectivity index (χ2n) is 3.33. The summed E-state index contributed by atoms with van der Waals surface area (Å²) in [6.07, 6.45) is 1.95. The molecule has 3 heteroatoms. The fourth-order valence-corrected chi connectivity index (χ4v) is 2.19. The number of hydrogen-bond donors (Lipinski definition) is 0. The average molecular weight is 224 g/mol. The molecular weight excluding hydrogens is 208 g/mol. The molecular formula is C12H16O2S. The van der Waals surface area contributed by atoms with Crippen molar-refractivity contribution in [2.75, 3.05) is 19.5 Å². The van der Waals surface area contributed by atoms with Crippen molar-refractivity contribution in [3.8, 4) is 0 Å². The van der Waals surface area contributed by atoms with Gasteiger partial charge in [0.15, 0.2) is 0 Å². The fourth-order valence-electron chi connectivity index (χ4n) is 1.26. The van der Waals surface area contributed by atoms with Crippen LogP contribution in [0.1, 0.15) is 22.3 Å². The number of hydrogen-bond acceptors (Lipinski definition) is 3. The van der Waals surface area contributed by atoms with Gasteiger partial charge in [-0.15, -0.1) is 11.8 Å². The lowest BCUT2D eigenvalue weighted by molar-refractivity contribution is 0.112. The molecule has 0 aliphatic rings. The van der Waals surface area contributed by atoms with Crippen LogP contribution < -0.4 is 0 Å². The van der Waals surface area contributed by atoms with Crippen LogP contribution >= 0.6 is 11.8 Å². The molecule has 82 valence electrons. The van der Waals surface area contributed by atoms with Gasteiger partial charge in [0, 0.05) is 29.9 Å². The van der Waals surface area contributed by atoms with Crippen molar-refractivity contribution in [3.63, 3.8) is 0 Å². The van der Waals surface area contributed by atoms with E-state index < -0.39 is 0 Å². The molecule has 0 atom stereocenters. The summed E-state index contributed by atoms with van der Waals surface area (Å²) < 4.78 is 4.98. The van der Waals surface area contributed by atoms with E-state index in [-0.39, 0.29) is 0 Å². The van der Waals surface area contributed by atoms with Crippen LogP contribution in [0.3, 0.4) is 0 Å². The molecule has 0 saturated heterocycles. The van der Waals surface area contributed by atoms with E-state index in [1.807, 2.05) is 19.1 Å². The highest BCUT2D eigenvalue weighted by atomic mass is 32.2. The molecule has 1 aromatic rings. The Labute approximate surface area is 95.0 Å². The van der Waals surface area contributed by atoms with Crippen LogP contribution in [0.5, 0.6) is 0 Å². The van der Waals surface area contributed by atoms with E-state index in [2.05, 4.69) is 6.07 Å². The van der Waals surface area contributed by atoms with Crippen LogP contribution in [0.2, 0.25) is 0 Å². The zero-order valence-corrected chi connectivity index (χ0v) is 9.97. The van der Waals surface area contributed by atoms with Crippen LogP contribution in [-0.4, -0.2) is 25.8 Å². The van der Waals surface area contributed by atoms with E-state index >= 15 is 0 Å². The lowest BCUT2D eigenvalue weighted by Crippen LogP contribution is -1.91. The number of carbonyl (C=O) groups is 1.